The minimum Gasteiger partial charge on any atom is -0.493 e. The molecule has 1 aliphatic heterocycles. The molecule has 35 heavy (non-hydrogen) atoms. The van der Waals surface area contributed by atoms with E-state index in [9.17, 15) is 9.59 Å². The molecule has 0 saturated heterocycles. The van der Waals surface area contributed by atoms with Crippen molar-refractivity contribution in [2.24, 2.45) is 0 Å². The number of carbonyl (C=O) groups excluding carboxylic acids is 2. The van der Waals surface area contributed by atoms with Gasteiger partial charge in [0, 0.05) is 30.0 Å². The Morgan fingerprint density at radius 1 is 0.743 bits per heavy atom. The summed E-state index contributed by atoms with van der Waals surface area (Å²) < 4.78 is 16.8. The van der Waals surface area contributed by atoms with Crippen LogP contribution in [-0.2, 0) is 9.59 Å². The summed E-state index contributed by atoms with van der Waals surface area (Å²) in [6.07, 6.45) is 1.19. The maximum atomic E-state index is 13.5. The number of allylic oxidation sites excluding steroid dienone is 2. The Balaban J connectivity index is 1.45. The van der Waals surface area contributed by atoms with Crippen molar-refractivity contribution in [3.8, 4) is 23.0 Å². The molecule has 1 N–H and O–H groups in total. The van der Waals surface area contributed by atoms with Gasteiger partial charge in [-0.3, -0.25) is 9.59 Å². The molecule has 1 aliphatic carbocycles. The Hall–Kier alpha value is -4.06. The van der Waals surface area contributed by atoms with Gasteiger partial charge in [-0.15, -0.1) is 0 Å². The summed E-state index contributed by atoms with van der Waals surface area (Å²) in [6, 6.07) is 22.9. The van der Waals surface area contributed by atoms with Crippen LogP contribution in [0.4, 0.5) is 0 Å². The summed E-state index contributed by atoms with van der Waals surface area (Å²) in [7, 11) is 3.19. The fourth-order valence-corrected chi connectivity index (χ4v) is 5.01. The molecule has 2 atom stereocenters. The first-order chi connectivity index (χ1) is 17.1. The van der Waals surface area contributed by atoms with Crippen LogP contribution in [0.25, 0.3) is 0 Å². The highest BCUT2D eigenvalue weighted by atomic mass is 16.5. The molecule has 0 fully saturated rings. The van der Waals surface area contributed by atoms with Gasteiger partial charge in [-0.25, -0.2) is 0 Å². The molecule has 0 saturated carbocycles. The normalized spacial score (nSPS) is 19.6. The molecule has 1 amide bonds. The van der Waals surface area contributed by atoms with E-state index in [-0.39, 0.29) is 29.9 Å². The standard InChI is InChI=1S/C29H27NO5/c1-33-26-12-11-18(16-27(26)34-2)20-14-24-29(25(31)15-20)23(17-28(32)30-24)19-7-6-10-22(13-19)35-21-8-4-3-5-9-21/h3-13,16,20,23H,14-15,17H2,1-2H3,(H,30,32). The summed E-state index contributed by atoms with van der Waals surface area (Å²) in [5.41, 5.74) is 3.31. The molecule has 0 radical (unpaired) electrons. The van der Waals surface area contributed by atoms with E-state index in [1.54, 1.807) is 14.2 Å². The quantitative estimate of drug-likeness (QED) is 0.516. The van der Waals surface area contributed by atoms with Gasteiger partial charge in [0.2, 0.25) is 5.91 Å². The number of amides is 1. The molecule has 2 aliphatic rings. The zero-order chi connectivity index (χ0) is 24.4. The van der Waals surface area contributed by atoms with Crippen molar-refractivity contribution in [1.82, 2.24) is 5.32 Å². The molecular formula is C29H27NO5. The molecule has 2 unspecified atom stereocenters. The molecule has 0 spiro atoms. The van der Waals surface area contributed by atoms with Crippen molar-refractivity contribution in [3.63, 3.8) is 0 Å². The van der Waals surface area contributed by atoms with Gasteiger partial charge >= 0.3 is 0 Å². The number of ether oxygens (including phenoxy) is 3. The van der Waals surface area contributed by atoms with Gasteiger partial charge in [0.05, 0.1) is 14.2 Å². The zero-order valence-electron chi connectivity index (χ0n) is 19.7. The van der Waals surface area contributed by atoms with Crippen LogP contribution in [0.3, 0.4) is 0 Å². The van der Waals surface area contributed by atoms with Crippen LogP contribution >= 0.6 is 0 Å². The van der Waals surface area contributed by atoms with Crippen LogP contribution in [0, 0.1) is 0 Å². The molecule has 0 bridgehead atoms. The average Bonchev–Trinajstić information content (AvgIpc) is 2.88. The average molecular weight is 470 g/mol. The van der Waals surface area contributed by atoms with Crippen molar-refractivity contribution in [2.45, 2.75) is 31.1 Å². The van der Waals surface area contributed by atoms with E-state index in [4.69, 9.17) is 14.2 Å². The zero-order valence-corrected chi connectivity index (χ0v) is 19.7. The number of ketones is 1. The van der Waals surface area contributed by atoms with Gasteiger partial charge in [-0.2, -0.15) is 0 Å². The molecule has 1 heterocycles. The van der Waals surface area contributed by atoms with Crippen LogP contribution in [0.5, 0.6) is 23.0 Å². The second-order valence-electron chi connectivity index (χ2n) is 8.83. The van der Waals surface area contributed by atoms with Gasteiger partial charge in [0.15, 0.2) is 17.3 Å². The minimum atomic E-state index is -0.295. The molecule has 6 heteroatoms. The fraction of sp³-hybridized carbons (Fsp3) is 0.241. The number of methoxy groups -OCH3 is 2. The molecule has 3 aromatic carbocycles. The topological polar surface area (TPSA) is 73.9 Å². The number of hydrogen-bond acceptors (Lipinski definition) is 5. The van der Waals surface area contributed by atoms with Crippen LogP contribution < -0.4 is 19.5 Å². The van der Waals surface area contributed by atoms with Crippen molar-refractivity contribution in [2.75, 3.05) is 14.2 Å². The molecule has 3 aromatic rings. The van der Waals surface area contributed by atoms with Crippen molar-refractivity contribution >= 4 is 11.7 Å². The van der Waals surface area contributed by atoms with Gasteiger partial charge in [0.25, 0.3) is 0 Å². The first-order valence-corrected chi connectivity index (χ1v) is 11.7. The van der Waals surface area contributed by atoms with Gasteiger partial charge in [0.1, 0.15) is 11.5 Å². The molecule has 178 valence electrons. The number of benzene rings is 3. The second-order valence-corrected chi connectivity index (χ2v) is 8.83. The first-order valence-electron chi connectivity index (χ1n) is 11.7. The maximum Gasteiger partial charge on any atom is 0.225 e. The lowest BCUT2D eigenvalue weighted by Crippen LogP contribution is -2.38. The summed E-state index contributed by atoms with van der Waals surface area (Å²) in [6.45, 7) is 0. The highest BCUT2D eigenvalue weighted by molar-refractivity contribution is 6.02. The predicted molar refractivity (Wildman–Crippen MR) is 132 cm³/mol. The Kier molecular flexibility index (Phi) is 6.27. The highest BCUT2D eigenvalue weighted by Gasteiger charge is 2.38. The first kappa shape index (κ1) is 22.7. The Labute approximate surface area is 204 Å². The smallest absolute Gasteiger partial charge is 0.225 e. The van der Waals surface area contributed by atoms with Crippen molar-refractivity contribution in [3.05, 3.63) is 95.2 Å². The van der Waals surface area contributed by atoms with E-state index in [1.807, 2.05) is 72.8 Å². The van der Waals surface area contributed by atoms with Gasteiger partial charge in [-0.1, -0.05) is 36.4 Å². The highest BCUT2D eigenvalue weighted by Crippen LogP contribution is 2.44. The monoisotopic (exact) mass is 469 g/mol. The Bertz CT molecular complexity index is 1300. The van der Waals surface area contributed by atoms with Crippen molar-refractivity contribution in [1.29, 1.82) is 0 Å². The predicted octanol–water partition coefficient (Wildman–Crippen LogP) is 5.50. The molecular weight excluding hydrogens is 442 g/mol. The van der Waals surface area contributed by atoms with Gasteiger partial charge < -0.3 is 19.5 Å². The summed E-state index contributed by atoms with van der Waals surface area (Å²) >= 11 is 0. The molecule has 0 aromatic heterocycles. The van der Waals surface area contributed by atoms with Crippen LogP contribution in [0.2, 0.25) is 0 Å². The lowest BCUT2D eigenvalue weighted by atomic mass is 9.73. The summed E-state index contributed by atoms with van der Waals surface area (Å²) in [5.74, 6) is 2.31. The van der Waals surface area contributed by atoms with Crippen LogP contribution in [0.1, 0.15) is 42.2 Å². The molecule has 5 rings (SSSR count). The number of para-hydroxylation sites is 1. The van der Waals surface area contributed by atoms with E-state index in [2.05, 4.69) is 5.32 Å². The third-order valence-electron chi connectivity index (χ3n) is 6.65. The second kappa shape index (κ2) is 9.66. The molecule has 6 nitrogen and oxygen atoms in total. The van der Waals surface area contributed by atoms with E-state index in [0.29, 0.717) is 35.7 Å². The number of carbonyl (C=O) groups is 2. The van der Waals surface area contributed by atoms with Crippen LogP contribution in [-0.4, -0.2) is 25.9 Å². The van der Waals surface area contributed by atoms with E-state index in [0.717, 1.165) is 22.6 Å². The number of hydrogen-bond donors (Lipinski definition) is 1. The summed E-state index contributed by atoms with van der Waals surface area (Å²) in [4.78, 5) is 26.1. The summed E-state index contributed by atoms with van der Waals surface area (Å²) in [5, 5.41) is 2.99. The van der Waals surface area contributed by atoms with Gasteiger partial charge in [-0.05, 0) is 59.9 Å². The van der Waals surface area contributed by atoms with E-state index in [1.165, 1.54) is 0 Å². The third-order valence-corrected chi connectivity index (χ3v) is 6.65. The largest absolute Gasteiger partial charge is 0.493 e. The Morgan fingerprint density at radius 2 is 1.51 bits per heavy atom. The van der Waals surface area contributed by atoms with E-state index < -0.39 is 0 Å². The minimum absolute atomic E-state index is 0.0483. The maximum absolute atomic E-state index is 13.5. The van der Waals surface area contributed by atoms with Crippen molar-refractivity contribution < 1.29 is 23.8 Å². The number of nitrogens with one attached hydrogen (secondary N) is 1. The fourth-order valence-electron chi connectivity index (χ4n) is 5.01. The van der Waals surface area contributed by atoms with E-state index >= 15 is 0 Å². The number of rotatable bonds is 6. The Morgan fingerprint density at radius 3 is 2.29 bits per heavy atom. The van der Waals surface area contributed by atoms with Crippen LogP contribution in [0.15, 0.2) is 84.1 Å². The SMILES string of the molecule is COc1ccc(C2CC(=O)C3=C(C2)NC(=O)CC3c2cccc(Oc3ccccc3)c2)cc1OC. The third kappa shape index (κ3) is 4.64. The lowest BCUT2D eigenvalue weighted by molar-refractivity contribution is -0.122. The number of Topliss-reactive ketones (excluding diaryl/α,β-unsaturated/α-hetero) is 1. The lowest BCUT2D eigenvalue weighted by Gasteiger charge is -2.34.